The molecule has 5 rings (SSSR count). The maximum atomic E-state index is 13.6. The van der Waals surface area contributed by atoms with Crippen molar-refractivity contribution < 1.29 is 31.1 Å². The number of nitrogens with one attached hydrogen (secondary N) is 3. The molecule has 230 valence electrons. The van der Waals surface area contributed by atoms with Gasteiger partial charge in [0.15, 0.2) is 0 Å². The zero-order valence-corrected chi connectivity index (χ0v) is 24.4. The van der Waals surface area contributed by atoms with Gasteiger partial charge < -0.3 is 25.1 Å². The van der Waals surface area contributed by atoms with Crippen LogP contribution in [0.25, 0.3) is 11.0 Å². The quantitative estimate of drug-likeness (QED) is 0.286. The molecule has 0 amide bonds. The minimum Gasteiger partial charge on any atom is -0.495 e. The average molecular weight is 612 g/mol. The molecule has 0 atom stereocenters. The number of H-pyrrole nitrogens is 1. The van der Waals surface area contributed by atoms with Gasteiger partial charge in [-0.1, -0.05) is 13.3 Å². The summed E-state index contributed by atoms with van der Waals surface area (Å²) in [5, 5.41) is 5.83. The van der Waals surface area contributed by atoms with E-state index in [1.165, 1.54) is 23.5 Å². The van der Waals surface area contributed by atoms with E-state index in [0.29, 0.717) is 44.6 Å². The summed E-state index contributed by atoms with van der Waals surface area (Å²) >= 11 is 0. The lowest BCUT2D eigenvalue weighted by atomic mass is 10.0. The number of fused-ring (bicyclic) bond motifs is 1. The van der Waals surface area contributed by atoms with Gasteiger partial charge in [-0.3, -0.25) is 4.90 Å². The third-order valence-corrected chi connectivity index (χ3v) is 9.60. The highest BCUT2D eigenvalue weighted by atomic mass is 32.2. The molecule has 15 heteroatoms. The van der Waals surface area contributed by atoms with E-state index in [9.17, 15) is 21.6 Å². The van der Waals surface area contributed by atoms with Gasteiger partial charge in [0.05, 0.1) is 41.9 Å². The van der Waals surface area contributed by atoms with E-state index in [4.69, 9.17) is 9.47 Å². The first kappa shape index (κ1) is 30.3. The Labute approximate surface area is 242 Å². The Morgan fingerprint density at radius 1 is 1.14 bits per heavy atom. The van der Waals surface area contributed by atoms with Crippen LogP contribution in [0.3, 0.4) is 0 Å². The number of nitrogens with zero attached hydrogens (tertiary/aromatic N) is 4. The number of halogens is 3. The fraction of sp³-hybridized carbons (Fsp3) is 0.556. The number of ether oxygens (including phenoxy) is 2. The number of anilines is 3. The smallest absolute Gasteiger partial charge is 0.418 e. The molecule has 2 saturated heterocycles. The van der Waals surface area contributed by atoms with Crippen molar-refractivity contribution in [1.82, 2.24) is 24.2 Å². The van der Waals surface area contributed by atoms with E-state index < -0.39 is 21.8 Å². The van der Waals surface area contributed by atoms with Gasteiger partial charge in [-0.15, -0.1) is 0 Å². The second kappa shape index (κ2) is 12.6. The minimum absolute atomic E-state index is 0.0115. The number of benzene rings is 1. The predicted octanol–water partition coefficient (Wildman–Crippen LogP) is 4.43. The molecule has 2 aliphatic heterocycles. The van der Waals surface area contributed by atoms with Gasteiger partial charge in [0.1, 0.15) is 17.2 Å². The molecule has 3 aromatic rings. The van der Waals surface area contributed by atoms with Gasteiger partial charge in [0.25, 0.3) is 0 Å². The average Bonchev–Trinajstić information content (AvgIpc) is 3.43. The fourth-order valence-electron chi connectivity index (χ4n) is 5.42. The van der Waals surface area contributed by atoms with E-state index in [2.05, 4.69) is 30.5 Å². The van der Waals surface area contributed by atoms with Crippen molar-refractivity contribution in [1.29, 1.82) is 0 Å². The summed E-state index contributed by atoms with van der Waals surface area (Å²) in [5.74, 6) is 0.297. The van der Waals surface area contributed by atoms with Crippen molar-refractivity contribution in [3.8, 4) is 5.75 Å². The summed E-state index contributed by atoms with van der Waals surface area (Å²) in [5.41, 5.74) is -0.481. The highest BCUT2D eigenvalue weighted by Gasteiger charge is 2.36. The first-order valence-corrected chi connectivity index (χ1v) is 15.5. The number of aromatic nitrogens is 3. The highest BCUT2D eigenvalue weighted by Crippen LogP contribution is 2.38. The van der Waals surface area contributed by atoms with Crippen LogP contribution in [-0.2, 0) is 20.9 Å². The molecule has 0 unspecified atom stereocenters. The van der Waals surface area contributed by atoms with Crippen LogP contribution < -0.4 is 15.4 Å². The van der Waals surface area contributed by atoms with Gasteiger partial charge in [-0.2, -0.15) is 27.4 Å². The summed E-state index contributed by atoms with van der Waals surface area (Å²) < 4.78 is 80.3. The fourth-order valence-corrected chi connectivity index (χ4v) is 6.90. The van der Waals surface area contributed by atoms with Crippen LogP contribution in [0.5, 0.6) is 5.75 Å². The molecular weight excluding hydrogens is 575 g/mol. The summed E-state index contributed by atoms with van der Waals surface area (Å²) in [6.07, 6.45) is -0.616. The molecule has 1 aromatic carbocycles. The van der Waals surface area contributed by atoms with Gasteiger partial charge in [-0.25, -0.2) is 8.42 Å². The Kier molecular flexibility index (Phi) is 9.11. The summed E-state index contributed by atoms with van der Waals surface area (Å²) in [4.78, 5) is 13.6. The largest absolute Gasteiger partial charge is 0.495 e. The van der Waals surface area contributed by atoms with Crippen molar-refractivity contribution in [3.05, 3.63) is 30.0 Å². The molecule has 0 bridgehead atoms. The lowest BCUT2D eigenvalue weighted by Crippen LogP contribution is -2.50. The standard InChI is InChI=1S/C27H36F3N7O4S/c1-3-4-9-31-24-23-20(27(28,29)30)17-32-25(23)35-26(34-24)33-21-6-5-19(16-22(21)40-2)42(38,39)37-10-7-18(8-11-37)36-12-14-41-15-13-36/h5-6,16-18H,3-4,7-15H2,1-2H3,(H3,31,32,33,34,35). The van der Waals surface area contributed by atoms with Crippen molar-refractivity contribution in [2.45, 2.75) is 49.7 Å². The monoisotopic (exact) mass is 611 g/mol. The van der Waals surface area contributed by atoms with Crippen LogP contribution >= 0.6 is 0 Å². The summed E-state index contributed by atoms with van der Waals surface area (Å²) in [6, 6.07) is 4.79. The van der Waals surface area contributed by atoms with Crippen LogP contribution in [0.1, 0.15) is 38.2 Å². The van der Waals surface area contributed by atoms with E-state index in [1.807, 2.05) is 6.92 Å². The Bertz CT molecular complexity index is 1480. The van der Waals surface area contributed by atoms with Crippen LogP contribution in [0, 0.1) is 0 Å². The van der Waals surface area contributed by atoms with Crippen LogP contribution in [-0.4, -0.2) is 91.7 Å². The number of morpholine rings is 1. The molecule has 11 nitrogen and oxygen atoms in total. The summed E-state index contributed by atoms with van der Waals surface area (Å²) in [7, 11) is -2.36. The predicted molar refractivity (Wildman–Crippen MR) is 153 cm³/mol. The van der Waals surface area contributed by atoms with E-state index >= 15 is 0 Å². The Balaban J connectivity index is 1.36. The number of alkyl halides is 3. The van der Waals surface area contributed by atoms with E-state index in [-0.39, 0.29) is 33.4 Å². The Hall–Kier alpha value is -3.14. The second-order valence-electron chi connectivity index (χ2n) is 10.4. The number of hydrogen-bond donors (Lipinski definition) is 3. The number of hydrogen-bond acceptors (Lipinski definition) is 9. The summed E-state index contributed by atoms with van der Waals surface area (Å²) in [6.45, 7) is 6.39. The van der Waals surface area contributed by atoms with Crippen LogP contribution in [0.15, 0.2) is 29.3 Å². The molecule has 3 N–H and O–H groups in total. The lowest BCUT2D eigenvalue weighted by Gasteiger charge is -2.39. The topological polar surface area (TPSA) is 125 Å². The molecule has 0 radical (unpaired) electrons. The molecule has 42 heavy (non-hydrogen) atoms. The molecule has 0 saturated carbocycles. The highest BCUT2D eigenvalue weighted by molar-refractivity contribution is 7.89. The van der Waals surface area contributed by atoms with Gasteiger partial charge in [0.2, 0.25) is 16.0 Å². The van der Waals surface area contributed by atoms with Crippen molar-refractivity contribution in [3.63, 3.8) is 0 Å². The number of aromatic amines is 1. The zero-order valence-electron chi connectivity index (χ0n) is 23.6. The number of piperidine rings is 1. The number of methoxy groups -OCH3 is 1. The minimum atomic E-state index is -4.58. The molecule has 0 aliphatic carbocycles. The van der Waals surface area contributed by atoms with E-state index in [1.54, 1.807) is 6.07 Å². The van der Waals surface area contributed by atoms with E-state index in [0.717, 1.165) is 45.0 Å². The molecule has 2 fully saturated rings. The Morgan fingerprint density at radius 3 is 2.55 bits per heavy atom. The number of unbranched alkanes of at least 4 members (excludes halogenated alkanes) is 1. The molecular formula is C27H36F3N7O4S. The first-order chi connectivity index (χ1) is 20.1. The second-order valence-corrected chi connectivity index (χ2v) is 12.3. The van der Waals surface area contributed by atoms with Crippen LogP contribution in [0.2, 0.25) is 0 Å². The SMILES string of the molecule is CCCCNc1nc(Nc2ccc(S(=O)(=O)N3CCC(N4CCOCC4)CC3)cc2OC)nc2[nH]cc(C(F)(F)F)c12. The third kappa shape index (κ3) is 6.43. The molecule has 4 heterocycles. The molecule has 0 spiro atoms. The van der Waals surface area contributed by atoms with Crippen molar-refractivity contribution in [2.75, 3.05) is 63.7 Å². The first-order valence-electron chi connectivity index (χ1n) is 14.1. The molecule has 2 aromatic heterocycles. The lowest BCUT2D eigenvalue weighted by molar-refractivity contribution is -0.136. The third-order valence-electron chi connectivity index (χ3n) is 7.70. The molecule has 2 aliphatic rings. The number of rotatable bonds is 10. The van der Waals surface area contributed by atoms with Gasteiger partial charge in [0, 0.05) is 51.0 Å². The van der Waals surface area contributed by atoms with Crippen molar-refractivity contribution >= 4 is 38.5 Å². The Morgan fingerprint density at radius 2 is 1.88 bits per heavy atom. The number of sulfonamides is 1. The van der Waals surface area contributed by atoms with Crippen LogP contribution in [0.4, 0.5) is 30.6 Å². The van der Waals surface area contributed by atoms with Gasteiger partial charge in [-0.05, 0) is 31.4 Å². The maximum absolute atomic E-state index is 13.6. The zero-order chi connectivity index (χ0) is 29.9. The van der Waals surface area contributed by atoms with Gasteiger partial charge >= 0.3 is 6.18 Å². The maximum Gasteiger partial charge on any atom is 0.418 e. The van der Waals surface area contributed by atoms with Crippen molar-refractivity contribution in [2.24, 2.45) is 0 Å². The normalized spacial score (nSPS) is 17.9.